The number of amides is 1. The molecular formula is C22H23N3O2. The van der Waals surface area contributed by atoms with Crippen LogP contribution in [0.25, 0.3) is 10.9 Å². The molecule has 2 aromatic carbocycles. The van der Waals surface area contributed by atoms with Crippen LogP contribution in [0.15, 0.2) is 65.7 Å². The second-order valence-electron chi connectivity index (χ2n) is 7.09. The lowest BCUT2D eigenvalue weighted by Gasteiger charge is -2.25. The monoisotopic (exact) mass is 361 g/mol. The van der Waals surface area contributed by atoms with E-state index in [1.165, 1.54) is 5.56 Å². The fourth-order valence-electron chi connectivity index (χ4n) is 3.86. The molecule has 1 saturated heterocycles. The van der Waals surface area contributed by atoms with E-state index in [4.69, 9.17) is 0 Å². The van der Waals surface area contributed by atoms with Crippen molar-refractivity contribution in [2.45, 2.75) is 38.3 Å². The standard InChI is InChI=1S/C22H23N3O2/c26-21(13-12-17-7-2-1-3-8-17)25-14-6-9-18(25)15-24-16-23-20-11-5-4-10-19(20)22(24)27/h1-5,7-8,10-11,16,18H,6,9,12-15H2. The number of carbonyl (C=O) groups excluding carboxylic acids is 1. The Morgan fingerprint density at radius 1 is 1.07 bits per heavy atom. The Hall–Kier alpha value is -2.95. The Morgan fingerprint density at radius 3 is 2.70 bits per heavy atom. The number of hydrogen-bond acceptors (Lipinski definition) is 3. The summed E-state index contributed by atoms with van der Waals surface area (Å²) in [4.78, 5) is 31.8. The van der Waals surface area contributed by atoms with Gasteiger partial charge in [-0.2, -0.15) is 0 Å². The minimum absolute atomic E-state index is 0.0378. The van der Waals surface area contributed by atoms with E-state index in [1.807, 2.05) is 41.3 Å². The van der Waals surface area contributed by atoms with Gasteiger partial charge in [0.05, 0.1) is 17.2 Å². The molecule has 0 saturated carbocycles. The molecule has 0 aliphatic carbocycles. The number of nitrogens with zero attached hydrogens (tertiary/aromatic N) is 3. The Kier molecular flexibility index (Phi) is 5.01. The molecule has 5 heteroatoms. The summed E-state index contributed by atoms with van der Waals surface area (Å²) >= 11 is 0. The van der Waals surface area contributed by atoms with Crippen molar-refractivity contribution >= 4 is 16.8 Å². The van der Waals surface area contributed by atoms with Crippen molar-refractivity contribution < 1.29 is 4.79 Å². The summed E-state index contributed by atoms with van der Waals surface area (Å²) in [5, 5.41) is 0.625. The zero-order valence-corrected chi connectivity index (χ0v) is 15.3. The molecule has 1 aliphatic heterocycles. The predicted octanol–water partition coefficient (Wildman–Crippen LogP) is 3.02. The largest absolute Gasteiger partial charge is 0.338 e. The van der Waals surface area contributed by atoms with E-state index in [0.717, 1.165) is 25.8 Å². The SMILES string of the molecule is O=C(CCc1ccccc1)N1CCCC1Cn1cnc2ccccc2c1=O. The molecule has 138 valence electrons. The van der Waals surface area contributed by atoms with Crippen LogP contribution in [0.3, 0.4) is 0 Å². The van der Waals surface area contributed by atoms with Gasteiger partial charge in [0.2, 0.25) is 5.91 Å². The third-order valence-electron chi connectivity index (χ3n) is 5.31. The van der Waals surface area contributed by atoms with Crippen LogP contribution in [0.2, 0.25) is 0 Å². The molecule has 1 aromatic heterocycles. The van der Waals surface area contributed by atoms with Gasteiger partial charge in [-0.3, -0.25) is 14.2 Å². The van der Waals surface area contributed by atoms with Gasteiger partial charge in [0.25, 0.3) is 5.56 Å². The highest BCUT2D eigenvalue weighted by atomic mass is 16.2. The Morgan fingerprint density at radius 2 is 1.85 bits per heavy atom. The molecule has 1 fully saturated rings. The summed E-state index contributed by atoms with van der Waals surface area (Å²) in [6, 6.07) is 17.5. The van der Waals surface area contributed by atoms with Crippen molar-refractivity contribution in [3.8, 4) is 0 Å². The van der Waals surface area contributed by atoms with Gasteiger partial charge in [-0.05, 0) is 37.0 Å². The average Bonchev–Trinajstić information content (AvgIpc) is 3.17. The number of hydrogen-bond donors (Lipinski definition) is 0. The van der Waals surface area contributed by atoms with Gasteiger partial charge in [-0.25, -0.2) is 4.98 Å². The summed E-state index contributed by atoms with van der Waals surface area (Å²) in [5.74, 6) is 0.170. The van der Waals surface area contributed by atoms with E-state index < -0.39 is 0 Å². The number of carbonyl (C=O) groups is 1. The van der Waals surface area contributed by atoms with E-state index in [9.17, 15) is 9.59 Å². The zero-order valence-electron chi connectivity index (χ0n) is 15.3. The maximum atomic E-state index is 12.7. The number of aryl methyl sites for hydroxylation is 1. The summed E-state index contributed by atoms with van der Waals surface area (Å²) in [6.07, 6.45) is 4.77. The van der Waals surface area contributed by atoms with Crippen molar-refractivity contribution in [3.63, 3.8) is 0 Å². The van der Waals surface area contributed by atoms with E-state index >= 15 is 0 Å². The van der Waals surface area contributed by atoms with Crippen LogP contribution in [0.1, 0.15) is 24.8 Å². The van der Waals surface area contributed by atoms with Crippen LogP contribution in [0.5, 0.6) is 0 Å². The number of rotatable bonds is 5. The highest BCUT2D eigenvalue weighted by Gasteiger charge is 2.29. The number of para-hydroxylation sites is 1. The van der Waals surface area contributed by atoms with Crippen LogP contribution < -0.4 is 5.56 Å². The Balaban J connectivity index is 1.46. The molecule has 1 amide bonds. The quantitative estimate of drug-likeness (QED) is 0.702. The van der Waals surface area contributed by atoms with Gasteiger partial charge in [-0.1, -0.05) is 42.5 Å². The third kappa shape index (κ3) is 3.77. The Labute approximate surface area is 158 Å². The third-order valence-corrected chi connectivity index (χ3v) is 5.31. The van der Waals surface area contributed by atoms with Gasteiger partial charge in [0.1, 0.15) is 0 Å². The first-order chi connectivity index (χ1) is 13.2. The van der Waals surface area contributed by atoms with Gasteiger partial charge in [0.15, 0.2) is 0 Å². The van der Waals surface area contributed by atoms with Crippen LogP contribution in [-0.2, 0) is 17.8 Å². The maximum absolute atomic E-state index is 12.7. The lowest BCUT2D eigenvalue weighted by Crippen LogP contribution is -2.40. The van der Waals surface area contributed by atoms with Crippen LogP contribution in [0, 0.1) is 0 Å². The highest BCUT2D eigenvalue weighted by Crippen LogP contribution is 2.20. The molecule has 0 N–H and O–H groups in total. The first-order valence-electron chi connectivity index (χ1n) is 9.50. The smallest absolute Gasteiger partial charge is 0.261 e. The number of benzene rings is 2. The number of fused-ring (bicyclic) bond motifs is 1. The molecule has 5 nitrogen and oxygen atoms in total. The molecule has 0 bridgehead atoms. The lowest BCUT2D eigenvalue weighted by atomic mass is 10.1. The topological polar surface area (TPSA) is 55.2 Å². The second-order valence-corrected chi connectivity index (χ2v) is 7.09. The number of likely N-dealkylation sites (tertiary alicyclic amines) is 1. The first-order valence-corrected chi connectivity index (χ1v) is 9.50. The highest BCUT2D eigenvalue weighted by molar-refractivity contribution is 5.77. The predicted molar refractivity (Wildman–Crippen MR) is 106 cm³/mol. The van der Waals surface area contributed by atoms with E-state index in [0.29, 0.717) is 23.9 Å². The van der Waals surface area contributed by atoms with E-state index in [-0.39, 0.29) is 17.5 Å². The molecule has 27 heavy (non-hydrogen) atoms. The summed E-state index contributed by atoms with van der Waals surface area (Å²) < 4.78 is 1.65. The van der Waals surface area contributed by atoms with Gasteiger partial charge in [-0.15, -0.1) is 0 Å². The van der Waals surface area contributed by atoms with Crippen molar-refractivity contribution in [1.82, 2.24) is 14.5 Å². The molecule has 0 radical (unpaired) electrons. The Bertz CT molecular complexity index is 997. The molecular weight excluding hydrogens is 338 g/mol. The molecule has 1 atom stereocenters. The van der Waals surface area contributed by atoms with E-state index in [2.05, 4.69) is 17.1 Å². The van der Waals surface area contributed by atoms with Crippen molar-refractivity contribution in [1.29, 1.82) is 0 Å². The zero-order chi connectivity index (χ0) is 18.6. The molecule has 3 aromatic rings. The summed E-state index contributed by atoms with van der Waals surface area (Å²) in [5.41, 5.74) is 1.85. The van der Waals surface area contributed by atoms with Crippen molar-refractivity contribution in [2.24, 2.45) is 0 Å². The minimum Gasteiger partial charge on any atom is -0.338 e. The van der Waals surface area contributed by atoms with Crippen LogP contribution >= 0.6 is 0 Å². The van der Waals surface area contributed by atoms with Crippen molar-refractivity contribution in [2.75, 3.05) is 6.54 Å². The molecule has 1 unspecified atom stereocenters. The number of aromatic nitrogens is 2. The average molecular weight is 361 g/mol. The molecule has 2 heterocycles. The maximum Gasteiger partial charge on any atom is 0.261 e. The van der Waals surface area contributed by atoms with Gasteiger partial charge >= 0.3 is 0 Å². The lowest BCUT2D eigenvalue weighted by molar-refractivity contribution is -0.132. The summed E-state index contributed by atoms with van der Waals surface area (Å²) in [6.45, 7) is 1.28. The van der Waals surface area contributed by atoms with Gasteiger partial charge in [0, 0.05) is 25.6 Å². The fraction of sp³-hybridized carbons (Fsp3) is 0.318. The fourth-order valence-corrected chi connectivity index (χ4v) is 3.86. The summed E-state index contributed by atoms with van der Waals surface area (Å²) in [7, 11) is 0. The minimum atomic E-state index is -0.0378. The van der Waals surface area contributed by atoms with Crippen LogP contribution in [0.4, 0.5) is 0 Å². The normalized spacial score (nSPS) is 16.7. The van der Waals surface area contributed by atoms with Crippen LogP contribution in [-0.4, -0.2) is 32.9 Å². The molecule has 1 aliphatic rings. The second kappa shape index (κ2) is 7.74. The molecule has 0 spiro atoms. The van der Waals surface area contributed by atoms with E-state index in [1.54, 1.807) is 17.0 Å². The van der Waals surface area contributed by atoms with Crippen molar-refractivity contribution in [3.05, 3.63) is 76.8 Å². The molecule has 4 rings (SSSR count). The van der Waals surface area contributed by atoms with Gasteiger partial charge < -0.3 is 4.90 Å². The first kappa shape index (κ1) is 17.5.